The van der Waals surface area contributed by atoms with Crippen LogP contribution in [0, 0.1) is 5.92 Å². The first kappa shape index (κ1) is 12.2. The van der Waals surface area contributed by atoms with E-state index in [-0.39, 0.29) is 5.91 Å². The number of hydrogen-bond acceptors (Lipinski definition) is 2. The molecule has 1 saturated carbocycles. The first-order valence-electron chi connectivity index (χ1n) is 7.08. The number of halogens is 1. The van der Waals surface area contributed by atoms with Crippen molar-refractivity contribution in [2.24, 2.45) is 5.92 Å². The van der Waals surface area contributed by atoms with E-state index >= 15 is 0 Å². The Morgan fingerprint density at radius 2 is 2.15 bits per heavy atom. The molecule has 4 rings (SSSR count). The number of piperidine rings is 1. The summed E-state index contributed by atoms with van der Waals surface area (Å²) < 4.78 is 0. The van der Waals surface area contributed by atoms with Crippen LogP contribution in [0.15, 0.2) is 30.3 Å². The van der Waals surface area contributed by atoms with Crippen LogP contribution in [0.1, 0.15) is 29.8 Å². The van der Waals surface area contributed by atoms with E-state index in [0.29, 0.717) is 22.7 Å². The van der Waals surface area contributed by atoms with Gasteiger partial charge in [0.2, 0.25) is 0 Å². The second-order valence-electron chi connectivity index (χ2n) is 5.80. The molecule has 2 unspecified atom stereocenters. The molecule has 0 spiro atoms. The molecule has 0 radical (unpaired) electrons. The van der Waals surface area contributed by atoms with Crippen LogP contribution in [-0.4, -0.2) is 28.4 Å². The van der Waals surface area contributed by atoms with Gasteiger partial charge in [-0.1, -0.05) is 29.8 Å². The predicted octanol–water partition coefficient (Wildman–Crippen LogP) is 3.51. The van der Waals surface area contributed by atoms with Crippen molar-refractivity contribution >= 4 is 28.4 Å². The van der Waals surface area contributed by atoms with Gasteiger partial charge in [0.05, 0.1) is 10.5 Å². The van der Waals surface area contributed by atoms with Crippen LogP contribution in [0.4, 0.5) is 0 Å². The summed E-state index contributed by atoms with van der Waals surface area (Å²) in [5, 5.41) is 1.50. The Balaban J connectivity index is 1.73. The third-order valence-electron chi connectivity index (χ3n) is 4.55. The van der Waals surface area contributed by atoms with E-state index in [1.807, 2.05) is 29.2 Å². The maximum Gasteiger partial charge on any atom is 0.272 e. The Labute approximate surface area is 122 Å². The number of pyridine rings is 1. The van der Waals surface area contributed by atoms with Gasteiger partial charge in [-0.05, 0) is 37.3 Å². The van der Waals surface area contributed by atoms with Crippen LogP contribution in [0.3, 0.4) is 0 Å². The Bertz CT molecular complexity index is 700. The summed E-state index contributed by atoms with van der Waals surface area (Å²) in [6, 6.07) is 9.79. The number of carbonyl (C=O) groups excluding carboxylic acids is 1. The lowest BCUT2D eigenvalue weighted by atomic mass is 10.1. The van der Waals surface area contributed by atoms with E-state index in [1.54, 1.807) is 6.07 Å². The topological polar surface area (TPSA) is 33.2 Å². The highest BCUT2D eigenvalue weighted by molar-refractivity contribution is 6.35. The van der Waals surface area contributed by atoms with Crippen molar-refractivity contribution in [2.75, 3.05) is 6.54 Å². The zero-order chi connectivity index (χ0) is 13.7. The molecule has 20 heavy (non-hydrogen) atoms. The standard InChI is InChI=1S/C16H15ClN2O/c17-13-8-15(18-14-4-2-1-3-12(13)14)16(20)19-9-10-5-6-11(19)7-10/h1-4,8,10-11H,5-7,9H2. The van der Waals surface area contributed by atoms with Gasteiger partial charge in [-0.15, -0.1) is 0 Å². The maximum absolute atomic E-state index is 12.6. The molecule has 4 heteroatoms. The van der Waals surface area contributed by atoms with Gasteiger partial charge in [0.25, 0.3) is 5.91 Å². The summed E-state index contributed by atoms with van der Waals surface area (Å²) in [6.07, 6.45) is 3.56. The molecular formula is C16H15ClN2O. The average Bonchev–Trinajstić information content (AvgIpc) is 3.09. The van der Waals surface area contributed by atoms with E-state index in [4.69, 9.17) is 11.6 Å². The first-order valence-corrected chi connectivity index (χ1v) is 7.46. The number of likely N-dealkylation sites (tertiary alicyclic amines) is 1. The van der Waals surface area contributed by atoms with E-state index in [2.05, 4.69) is 4.98 Å². The monoisotopic (exact) mass is 286 g/mol. The summed E-state index contributed by atoms with van der Waals surface area (Å²) >= 11 is 6.28. The Hall–Kier alpha value is -1.61. The number of fused-ring (bicyclic) bond motifs is 3. The molecule has 2 bridgehead atoms. The molecule has 2 aromatic rings. The van der Waals surface area contributed by atoms with Crippen LogP contribution in [0.25, 0.3) is 10.9 Å². The van der Waals surface area contributed by atoms with Gasteiger partial charge in [0, 0.05) is 18.0 Å². The maximum atomic E-state index is 12.6. The average molecular weight is 287 g/mol. The fourth-order valence-corrected chi connectivity index (χ4v) is 3.83. The quantitative estimate of drug-likeness (QED) is 0.804. The normalized spacial score (nSPS) is 24.6. The van der Waals surface area contributed by atoms with E-state index < -0.39 is 0 Å². The van der Waals surface area contributed by atoms with Gasteiger partial charge < -0.3 is 4.90 Å². The van der Waals surface area contributed by atoms with Crippen molar-refractivity contribution in [2.45, 2.75) is 25.3 Å². The van der Waals surface area contributed by atoms with Crippen LogP contribution < -0.4 is 0 Å². The van der Waals surface area contributed by atoms with E-state index in [1.165, 1.54) is 6.42 Å². The molecule has 1 saturated heterocycles. The fraction of sp³-hybridized carbons (Fsp3) is 0.375. The second-order valence-corrected chi connectivity index (χ2v) is 6.20. The Morgan fingerprint density at radius 3 is 2.90 bits per heavy atom. The zero-order valence-corrected chi connectivity index (χ0v) is 11.8. The number of carbonyl (C=O) groups is 1. The highest BCUT2D eigenvalue weighted by atomic mass is 35.5. The molecule has 1 aliphatic heterocycles. The van der Waals surface area contributed by atoms with Gasteiger partial charge in [-0.3, -0.25) is 4.79 Å². The Morgan fingerprint density at radius 1 is 1.30 bits per heavy atom. The highest BCUT2D eigenvalue weighted by Gasteiger charge is 2.40. The summed E-state index contributed by atoms with van der Waals surface area (Å²) in [4.78, 5) is 19.1. The van der Waals surface area contributed by atoms with Crippen molar-refractivity contribution in [3.63, 3.8) is 0 Å². The van der Waals surface area contributed by atoms with Crippen LogP contribution in [-0.2, 0) is 0 Å². The molecule has 1 aromatic heterocycles. The number of hydrogen-bond donors (Lipinski definition) is 0. The number of benzene rings is 1. The fourth-order valence-electron chi connectivity index (χ4n) is 3.56. The van der Waals surface area contributed by atoms with Crippen molar-refractivity contribution in [3.05, 3.63) is 41.0 Å². The van der Waals surface area contributed by atoms with Crippen molar-refractivity contribution in [1.82, 2.24) is 9.88 Å². The van der Waals surface area contributed by atoms with E-state index in [0.717, 1.165) is 30.3 Å². The number of para-hydroxylation sites is 1. The third kappa shape index (κ3) is 1.80. The summed E-state index contributed by atoms with van der Waals surface area (Å²) in [5.41, 5.74) is 1.26. The van der Waals surface area contributed by atoms with Crippen molar-refractivity contribution in [3.8, 4) is 0 Å². The molecule has 1 aliphatic carbocycles. The molecule has 1 aromatic carbocycles. The molecule has 0 N–H and O–H groups in total. The number of aromatic nitrogens is 1. The minimum absolute atomic E-state index is 0.0323. The van der Waals surface area contributed by atoms with Gasteiger partial charge in [-0.25, -0.2) is 4.98 Å². The highest BCUT2D eigenvalue weighted by Crippen LogP contribution is 2.38. The molecular weight excluding hydrogens is 272 g/mol. The van der Waals surface area contributed by atoms with E-state index in [9.17, 15) is 4.79 Å². The molecule has 2 heterocycles. The minimum Gasteiger partial charge on any atom is -0.334 e. The summed E-state index contributed by atoms with van der Waals surface area (Å²) in [6.45, 7) is 0.885. The number of amides is 1. The minimum atomic E-state index is 0.0323. The van der Waals surface area contributed by atoms with Crippen molar-refractivity contribution in [1.29, 1.82) is 0 Å². The largest absolute Gasteiger partial charge is 0.334 e. The first-order chi connectivity index (χ1) is 9.72. The number of rotatable bonds is 1. The van der Waals surface area contributed by atoms with Gasteiger partial charge >= 0.3 is 0 Å². The molecule has 102 valence electrons. The van der Waals surface area contributed by atoms with Gasteiger partial charge in [0.15, 0.2) is 0 Å². The summed E-state index contributed by atoms with van der Waals surface area (Å²) in [5.74, 6) is 0.727. The lowest BCUT2D eigenvalue weighted by Crippen LogP contribution is -2.38. The predicted molar refractivity (Wildman–Crippen MR) is 78.9 cm³/mol. The zero-order valence-electron chi connectivity index (χ0n) is 11.1. The Kier molecular flexibility index (Phi) is 2.71. The molecule has 2 atom stereocenters. The molecule has 1 amide bonds. The van der Waals surface area contributed by atoms with Gasteiger partial charge in [-0.2, -0.15) is 0 Å². The van der Waals surface area contributed by atoms with Crippen LogP contribution in [0.5, 0.6) is 0 Å². The SMILES string of the molecule is O=C(c1cc(Cl)c2ccccc2n1)N1CC2CCC1C2. The van der Waals surface area contributed by atoms with Crippen molar-refractivity contribution < 1.29 is 4.79 Å². The lowest BCUT2D eigenvalue weighted by Gasteiger charge is -2.26. The molecule has 3 nitrogen and oxygen atoms in total. The molecule has 2 fully saturated rings. The van der Waals surface area contributed by atoms with Gasteiger partial charge in [0.1, 0.15) is 5.69 Å². The summed E-state index contributed by atoms with van der Waals surface area (Å²) in [7, 11) is 0. The number of nitrogens with zero attached hydrogens (tertiary/aromatic N) is 2. The third-order valence-corrected chi connectivity index (χ3v) is 4.87. The second kappa shape index (κ2) is 4.45. The van der Waals surface area contributed by atoms with Crippen LogP contribution >= 0.6 is 11.6 Å². The molecule has 2 aliphatic rings. The van der Waals surface area contributed by atoms with Crippen LogP contribution in [0.2, 0.25) is 5.02 Å². The lowest BCUT2D eigenvalue weighted by molar-refractivity contribution is 0.0698. The smallest absolute Gasteiger partial charge is 0.272 e.